The van der Waals surface area contributed by atoms with E-state index in [1.54, 1.807) is 6.92 Å². The van der Waals surface area contributed by atoms with Crippen LogP contribution in [0.25, 0.3) is 0 Å². The van der Waals surface area contributed by atoms with Crippen molar-refractivity contribution in [3.05, 3.63) is 29.3 Å². The van der Waals surface area contributed by atoms with E-state index in [-0.39, 0.29) is 18.9 Å². The summed E-state index contributed by atoms with van der Waals surface area (Å²) < 4.78 is 50.4. The third-order valence-corrected chi connectivity index (χ3v) is 4.60. The first-order chi connectivity index (χ1) is 8.78. The maximum absolute atomic E-state index is 14.4. The van der Waals surface area contributed by atoms with Crippen molar-refractivity contribution >= 4 is 13.3 Å². The molecule has 0 aliphatic carbocycles. The van der Waals surface area contributed by atoms with Crippen molar-refractivity contribution in [2.24, 2.45) is 0 Å². The van der Waals surface area contributed by atoms with Crippen LogP contribution in [0.15, 0.2) is 18.2 Å². The van der Waals surface area contributed by atoms with E-state index in [4.69, 9.17) is 14.8 Å². The number of alkyl halides is 2. The van der Waals surface area contributed by atoms with Crippen molar-refractivity contribution in [3.8, 4) is 0 Å². The lowest BCUT2D eigenvalue weighted by Gasteiger charge is -2.26. The Labute approximate surface area is 111 Å². The first-order valence-electron chi connectivity index (χ1n) is 5.92. The second-order valence-corrected chi connectivity index (χ2v) is 6.04. The molecule has 0 bridgehead atoms. The molecule has 1 rings (SSSR count). The minimum absolute atomic E-state index is 0.135. The van der Waals surface area contributed by atoms with E-state index >= 15 is 0 Å². The Bertz CT molecular complexity index is 484. The molecule has 0 radical (unpaired) electrons. The fourth-order valence-electron chi connectivity index (χ4n) is 1.64. The molecule has 1 aromatic rings. The first-order valence-corrected chi connectivity index (χ1v) is 7.46. The van der Waals surface area contributed by atoms with E-state index in [2.05, 4.69) is 0 Å². The van der Waals surface area contributed by atoms with Crippen molar-refractivity contribution < 1.29 is 22.4 Å². The second-order valence-electron chi connectivity index (χ2n) is 3.96. The van der Waals surface area contributed by atoms with Gasteiger partial charge in [-0.25, -0.2) is 0 Å². The van der Waals surface area contributed by atoms with Crippen LogP contribution >= 0.6 is 7.60 Å². The Kier molecular flexibility index (Phi) is 5.07. The van der Waals surface area contributed by atoms with Gasteiger partial charge in [-0.05, 0) is 38.5 Å². The Morgan fingerprint density at radius 3 is 2.21 bits per heavy atom. The third-order valence-electron chi connectivity index (χ3n) is 2.47. The fourth-order valence-corrected chi connectivity index (χ4v) is 3.22. The van der Waals surface area contributed by atoms with Gasteiger partial charge in [0.25, 0.3) is 0 Å². The smallest absolute Gasteiger partial charge is 0.398 e. The normalized spacial score (nSPS) is 12.7. The highest BCUT2D eigenvalue weighted by Crippen LogP contribution is 2.67. The van der Waals surface area contributed by atoms with Crippen molar-refractivity contribution in [1.29, 1.82) is 0 Å². The number of hydrogen-bond donors (Lipinski definition) is 1. The predicted molar refractivity (Wildman–Crippen MR) is 70.3 cm³/mol. The zero-order valence-corrected chi connectivity index (χ0v) is 12.0. The van der Waals surface area contributed by atoms with Crippen molar-refractivity contribution in [3.63, 3.8) is 0 Å². The number of halogens is 2. The van der Waals surface area contributed by atoms with E-state index < -0.39 is 18.8 Å². The van der Waals surface area contributed by atoms with E-state index in [0.717, 1.165) is 11.6 Å². The molecule has 0 amide bonds. The standard InChI is InChI=1S/C12H18F2NO3P/c1-4-17-19(16,18-5-2)12(13,14)10-7-6-9(3)8-11(10)15/h6-8H,4-5,15H2,1-3H3. The SMILES string of the molecule is CCOP(=O)(OCC)C(F)(F)c1ccc(C)cc1N. The van der Waals surface area contributed by atoms with Gasteiger partial charge in [-0.2, -0.15) is 8.78 Å². The molecule has 0 unspecified atom stereocenters. The van der Waals surface area contributed by atoms with Crippen LogP contribution in [0.3, 0.4) is 0 Å². The molecule has 0 aliphatic rings. The second kappa shape index (κ2) is 5.99. The molecule has 1 aromatic carbocycles. The molecule has 0 spiro atoms. The van der Waals surface area contributed by atoms with Crippen LogP contribution in [-0.2, 0) is 19.3 Å². The number of nitrogen functional groups attached to an aromatic ring is 1. The molecule has 0 fully saturated rings. The van der Waals surface area contributed by atoms with Gasteiger partial charge in [0.05, 0.1) is 18.8 Å². The van der Waals surface area contributed by atoms with Crippen LogP contribution in [-0.4, -0.2) is 13.2 Å². The first kappa shape index (κ1) is 16.1. The van der Waals surface area contributed by atoms with Gasteiger partial charge in [-0.3, -0.25) is 4.57 Å². The van der Waals surface area contributed by atoms with Crippen LogP contribution in [0.5, 0.6) is 0 Å². The summed E-state index contributed by atoms with van der Waals surface area (Å²) in [6, 6.07) is 4.02. The Balaban J connectivity index is 3.30. The number of anilines is 1. The van der Waals surface area contributed by atoms with Crippen molar-refractivity contribution in [2.45, 2.75) is 26.4 Å². The zero-order valence-electron chi connectivity index (χ0n) is 11.2. The highest BCUT2D eigenvalue weighted by Gasteiger charge is 2.55. The van der Waals surface area contributed by atoms with Gasteiger partial charge in [-0.1, -0.05) is 6.07 Å². The van der Waals surface area contributed by atoms with Gasteiger partial charge in [0.15, 0.2) is 0 Å². The van der Waals surface area contributed by atoms with Crippen LogP contribution in [0.2, 0.25) is 0 Å². The lowest BCUT2D eigenvalue weighted by Crippen LogP contribution is -2.20. The summed E-state index contributed by atoms with van der Waals surface area (Å²) in [5.74, 6) is 0. The quantitative estimate of drug-likeness (QED) is 0.638. The maximum atomic E-state index is 14.4. The van der Waals surface area contributed by atoms with E-state index in [1.165, 1.54) is 26.0 Å². The average molecular weight is 293 g/mol. The molecule has 2 N–H and O–H groups in total. The summed E-state index contributed by atoms with van der Waals surface area (Å²) in [6.45, 7) is 4.39. The number of aryl methyl sites for hydroxylation is 1. The van der Waals surface area contributed by atoms with Crippen LogP contribution < -0.4 is 5.73 Å². The number of hydrogen-bond acceptors (Lipinski definition) is 4. The third kappa shape index (κ3) is 3.14. The molecule has 0 saturated carbocycles. The highest BCUT2D eigenvalue weighted by molar-refractivity contribution is 7.54. The number of benzene rings is 1. The van der Waals surface area contributed by atoms with Gasteiger partial charge < -0.3 is 14.8 Å². The number of rotatable bonds is 6. The van der Waals surface area contributed by atoms with Gasteiger partial charge in [-0.15, -0.1) is 0 Å². The van der Waals surface area contributed by atoms with Gasteiger partial charge in [0, 0.05) is 5.69 Å². The molecular formula is C12H18F2NO3P. The minimum atomic E-state index is -4.60. The number of nitrogens with two attached hydrogens (primary N) is 1. The molecule has 0 aliphatic heterocycles. The monoisotopic (exact) mass is 293 g/mol. The molecule has 0 atom stereocenters. The summed E-state index contributed by atoms with van der Waals surface area (Å²) in [6.07, 6.45) is 0. The molecular weight excluding hydrogens is 275 g/mol. The lowest BCUT2D eigenvalue weighted by atomic mass is 10.1. The summed E-state index contributed by atoms with van der Waals surface area (Å²) in [5, 5.41) is 0. The van der Waals surface area contributed by atoms with Crippen molar-refractivity contribution in [2.75, 3.05) is 18.9 Å². The Morgan fingerprint density at radius 1 is 1.26 bits per heavy atom. The largest absolute Gasteiger partial charge is 0.404 e. The van der Waals surface area contributed by atoms with E-state index in [1.807, 2.05) is 0 Å². The molecule has 0 heterocycles. The lowest BCUT2D eigenvalue weighted by molar-refractivity contribution is 0.0367. The molecule has 0 aromatic heterocycles. The van der Waals surface area contributed by atoms with Crippen LogP contribution in [0, 0.1) is 6.92 Å². The molecule has 4 nitrogen and oxygen atoms in total. The Hall–Kier alpha value is -0.970. The molecule has 108 valence electrons. The fraction of sp³-hybridized carbons (Fsp3) is 0.500. The van der Waals surface area contributed by atoms with Gasteiger partial charge >= 0.3 is 13.3 Å². The van der Waals surface area contributed by atoms with Crippen LogP contribution in [0.4, 0.5) is 14.5 Å². The molecule has 19 heavy (non-hydrogen) atoms. The Morgan fingerprint density at radius 2 is 1.79 bits per heavy atom. The summed E-state index contributed by atoms with van der Waals surface area (Å²) >= 11 is 0. The average Bonchev–Trinajstić information content (AvgIpc) is 2.28. The van der Waals surface area contributed by atoms with E-state index in [9.17, 15) is 13.3 Å². The molecule has 7 heteroatoms. The summed E-state index contributed by atoms with van der Waals surface area (Å²) in [7, 11) is -4.60. The maximum Gasteiger partial charge on any atom is 0.404 e. The molecule has 0 saturated heterocycles. The summed E-state index contributed by atoms with van der Waals surface area (Å²) in [5.41, 5.74) is 1.87. The van der Waals surface area contributed by atoms with E-state index in [0.29, 0.717) is 0 Å². The summed E-state index contributed by atoms with van der Waals surface area (Å²) in [4.78, 5) is 0. The van der Waals surface area contributed by atoms with Gasteiger partial charge in [0.1, 0.15) is 0 Å². The topological polar surface area (TPSA) is 61.5 Å². The van der Waals surface area contributed by atoms with Crippen LogP contribution in [0.1, 0.15) is 25.0 Å². The predicted octanol–water partition coefficient (Wildman–Crippen LogP) is 3.89. The zero-order chi connectivity index (χ0) is 14.7. The highest BCUT2D eigenvalue weighted by atomic mass is 31.2. The van der Waals surface area contributed by atoms with Crippen molar-refractivity contribution in [1.82, 2.24) is 0 Å². The minimum Gasteiger partial charge on any atom is -0.398 e. The van der Waals surface area contributed by atoms with Gasteiger partial charge in [0.2, 0.25) is 0 Å².